The van der Waals surface area contributed by atoms with Gasteiger partial charge in [0.1, 0.15) is 5.75 Å². The summed E-state index contributed by atoms with van der Waals surface area (Å²) in [7, 11) is 0. The Morgan fingerprint density at radius 2 is 1.88 bits per heavy atom. The number of phenols is 1. The smallest absolute Gasteiger partial charge is 0.115 e. The maximum absolute atomic E-state index is 9.37. The Balaban J connectivity index is 2.01. The Morgan fingerprint density at radius 1 is 1.19 bits per heavy atom. The highest BCUT2D eigenvalue weighted by atomic mass is 35.5. The number of aromatic hydroxyl groups is 1. The van der Waals surface area contributed by atoms with Gasteiger partial charge in [0, 0.05) is 29.6 Å². The largest absolute Gasteiger partial charge is 0.508 e. The van der Waals surface area contributed by atoms with Gasteiger partial charge in [0.2, 0.25) is 0 Å². The number of anilines is 1. The fourth-order valence-electron chi connectivity index (χ4n) is 3.53. The fourth-order valence-corrected chi connectivity index (χ4v) is 3.74. The first kappa shape index (κ1) is 18.5. The molecule has 0 aliphatic carbocycles. The van der Waals surface area contributed by atoms with Crippen LogP contribution in [0.25, 0.3) is 5.57 Å². The maximum atomic E-state index is 9.37. The molecule has 0 fully saturated rings. The zero-order valence-corrected chi connectivity index (χ0v) is 16.5. The first-order valence-electron chi connectivity index (χ1n) is 8.96. The summed E-state index contributed by atoms with van der Waals surface area (Å²) in [6.45, 7) is 9.81. The van der Waals surface area contributed by atoms with Crippen LogP contribution in [0.4, 0.5) is 11.4 Å². The summed E-state index contributed by atoms with van der Waals surface area (Å²) in [5.74, 6) is 0.232. The van der Waals surface area contributed by atoms with Crippen LogP contribution in [0, 0.1) is 0 Å². The number of allylic oxidation sites excluding steroid dienone is 1. The molecule has 3 rings (SSSR count). The zero-order valence-electron chi connectivity index (χ0n) is 15.8. The summed E-state index contributed by atoms with van der Waals surface area (Å²) in [4.78, 5) is 6.90. The van der Waals surface area contributed by atoms with Crippen LogP contribution in [0.5, 0.6) is 5.75 Å². The number of fused-ring (bicyclic) bond motifs is 1. The van der Waals surface area contributed by atoms with Crippen molar-refractivity contribution in [2.24, 2.45) is 4.99 Å². The summed E-state index contributed by atoms with van der Waals surface area (Å²) < 4.78 is 0. The minimum Gasteiger partial charge on any atom is -0.508 e. The minimum absolute atomic E-state index is 0.0297. The standard InChI is InChI=1S/C22H25ClN2O/c1-5-10-25-21-12-20(23)16(11-19(21)15(2)13-22(25,3)4)14-24-17-6-8-18(26)9-7-17/h6-9,11-14,26H,5,10H2,1-4H3. The summed E-state index contributed by atoms with van der Waals surface area (Å²) >= 11 is 6.58. The second-order valence-electron chi connectivity index (χ2n) is 7.30. The molecule has 0 saturated heterocycles. The van der Waals surface area contributed by atoms with E-state index in [2.05, 4.69) is 55.8 Å². The van der Waals surface area contributed by atoms with Gasteiger partial charge in [-0.2, -0.15) is 0 Å². The van der Waals surface area contributed by atoms with E-state index in [1.165, 1.54) is 16.8 Å². The topological polar surface area (TPSA) is 35.8 Å². The van der Waals surface area contributed by atoms with Crippen molar-refractivity contribution in [3.63, 3.8) is 0 Å². The van der Waals surface area contributed by atoms with Crippen LogP contribution in [-0.4, -0.2) is 23.4 Å². The highest BCUT2D eigenvalue weighted by molar-refractivity contribution is 6.33. The van der Waals surface area contributed by atoms with E-state index in [1.807, 2.05) is 0 Å². The predicted octanol–water partition coefficient (Wildman–Crippen LogP) is 6.21. The van der Waals surface area contributed by atoms with Gasteiger partial charge in [0.25, 0.3) is 0 Å². The van der Waals surface area contributed by atoms with Gasteiger partial charge in [-0.3, -0.25) is 4.99 Å². The molecule has 2 aromatic rings. The molecule has 0 aromatic heterocycles. The molecule has 0 amide bonds. The SMILES string of the molecule is CCCN1c2cc(Cl)c(C=Nc3ccc(O)cc3)cc2C(C)=CC1(C)C. The highest BCUT2D eigenvalue weighted by Gasteiger charge is 2.31. The quantitative estimate of drug-likeness (QED) is 0.651. The van der Waals surface area contributed by atoms with Crippen LogP contribution in [0.3, 0.4) is 0 Å². The summed E-state index contributed by atoms with van der Waals surface area (Å²) in [5, 5.41) is 10.1. The van der Waals surface area contributed by atoms with Crippen molar-refractivity contribution in [3.8, 4) is 5.75 Å². The van der Waals surface area contributed by atoms with Gasteiger partial charge in [-0.05, 0) is 69.2 Å². The van der Waals surface area contributed by atoms with Crippen LogP contribution < -0.4 is 4.90 Å². The lowest BCUT2D eigenvalue weighted by Gasteiger charge is -2.43. The maximum Gasteiger partial charge on any atom is 0.115 e. The lowest BCUT2D eigenvalue weighted by molar-refractivity contribution is 0.475. The average molecular weight is 369 g/mol. The molecule has 0 bridgehead atoms. The summed E-state index contributed by atoms with van der Waals surface area (Å²) in [6.07, 6.45) is 5.18. The van der Waals surface area contributed by atoms with Crippen LogP contribution in [-0.2, 0) is 0 Å². The monoisotopic (exact) mass is 368 g/mol. The van der Waals surface area contributed by atoms with Gasteiger partial charge < -0.3 is 10.0 Å². The molecule has 0 spiro atoms. The first-order valence-corrected chi connectivity index (χ1v) is 9.34. The molecule has 1 aliphatic rings. The molecule has 0 unspecified atom stereocenters. The molecule has 2 aromatic carbocycles. The number of aliphatic imine (C=N–C) groups is 1. The van der Waals surface area contributed by atoms with Crippen molar-refractivity contribution < 1.29 is 5.11 Å². The van der Waals surface area contributed by atoms with Crippen molar-refractivity contribution >= 4 is 34.8 Å². The Hall–Kier alpha value is -2.26. The van der Waals surface area contributed by atoms with Gasteiger partial charge in [-0.15, -0.1) is 0 Å². The third kappa shape index (κ3) is 3.63. The molecule has 4 heteroatoms. The molecule has 0 saturated carbocycles. The molecular formula is C22H25ClN2O. The van der Waals surface area contributed by atoms with Crippen molar-refractivity contribution in [2.75, 3.05) is 11.4 Å². The van der Waals surface area contributed by atoms with E-state index in [0.717, 1.165) is 24.2 Å². The van der Waals surface area contributed by atoms with Crippen molar-refractivity contribution in [1.29, 1.82) is 0 Å². The molecule has 3 nitrogen and oxygen atoms in total. The average Bonchev–Trinajstić information content (AvgIpc) is 2.58. The van der Waals surface area contributed by atoms with Gasteiger partial charge in [-0.1, -0.05) is 24.6 Å². The van der Waals surface area contributed by atoms with E-state index in [-0.39, 0.29) is 11.3 Å². The van der Waals surface area contributed by atoms with Gasteiger partial charge in [-0.25, -0.2) is 0 Å². The Morgan fingerprint density at radius 3 is 2.54 bits per heavy atom. The Bertz CT molecular complexity index is 866. The van der Waals surface area contributed by atoms with E-state index >= 15 is 0 Å². The molecule has 1 heterocycles. The van der Waals surface area contributed by atoms with E-state index in [4.69, 9.17) is 11.6 Å². The van der Waals surface area contributed by atoms with Gasteiger partial charge >= 0.3 is 0 Å². The molecule has 0 atom stereocenters. The van der Waals surface area contributed by atoms with Crippen LogP contribution >= 0.6 is 11.6 Å². The fraction of sp³-hybridized carbons (Fsp3) is 0.318. The third-order valence-corrected chi connectivity index (χ3v) is 5.07. The number of rotatable bonds is 4. The molecule has 136 valence electrons. The minimum atomic E-state index is -0.0297. The lowest BCUT2D eigenvalue weighted by atomic mass is 9.88. The van der Waals surface area contributed by atoms with E-state index in [1.54, 1.807) is 30.5 Å². The van der Waals surface area contributed by atoms with E-state index in [9.17, 15) is 5.11 Å². The Kier molecular flexibility index (Phi) is 5.10. The van der Waals surface area contributed by atoms with Crippen molar-refractivity contribution in [2.45, 2.75) is 39.7 Å². The molecule has 0 radical (unpaired) electrons. The number of nitrogens with zero attached hydrogens (tertiary/aromatic N) is 2. The second kappa shape index (κ2) is 7.16. The molecule has 26 heavy (non-hydrogen) atoms. The number of hydrogen-bond donors (Lipinski definition) is 1. The van der Waals surface area contributed by atoms with Crippen LogP contribution in [0.1, 0.15) is 45.2 Å². The summed E-state index contributed by atoms with van der Waals surface area (Å²) in [5.41, 5.74) is 5.28. The molecule has 1 N–H and O–H groups in total. The van der Waals surface area contributed by atoms with Crippen LogP contribution in [0.2, 0.25) is 5.02 Å². The third-order valence-electron chi connectivity index (χ3n) is 4.75. The summed E-state index contributed by atoms with van der Waals surface area (Å²) in [6, 6.07) is 11.0. The van der Waals surface area contributed by atoms with Gasteiger partial charge in [0.05, 0.1) is 16.2 Å². The van der Waals surface area contributed by atoms with E-state index in [0.29, 0.717) is 5.02 Å². The zero-order chi connectivity index (χ0) is 18.9. The normalized spacial score (nSPS) is 15.9. The highest BCUT2D eigenvalue weighted by Crippen LogP contribution is 2.41. The predicted molar refractivity (Wildman–Crippen MR) is 112 cm³/mol. The van der Waals surface area contributed by atoms with Crippen LogP contribution in [0.15, 0.2) is 47.5 Å². The van der Waals surface area contributed by atoms with Crippen molar-refractivity contribution in [1.82, 2.24) is 0 Å². The second-order valence-corrected chi connectivity index (χ2v) is 7.71. The lowest BCUT2D eigenvalue weighted by Crippen LogP contribution is -2.45. The van der Waals surface area contributed by atoms with E-state index < -0.39 is 0 Å². The van der Waals surface area contributed by atoms with Crippen molar-refractivity contribution in [3.05, 3.63) is 58.6 Å². The number of benzene rings is 2. The number of hydrogen-bond acceptors (Lipinski definition) is 3. The molecular weight excluding hydrogens is 344 g/mol. The Labute approximate surface area is 160 Å². The number of phenolic OH excluding ortho intramolecular Hbond substituents is 1. The number of halogens is 1. The van der Waals surface area contributed by atoms with Gasteiger partial charge in [0.15, 0.2) is 0 Å². The first-order chi connectivity index (χ1) is 12.3. The molecule has 1 aliphatic heterocycles.